The first-order valence-electron chi connectivity index (χ1n) is 8.27. The molecule has 0 heterocycles. The van der Waals surface area contributed by atoms with Crippen molar-refractivity contribution >= 4 is 5.96 Å². The van der Waals surface area contributed by atoms with Crippen molar-refractivity contribution in [2.75, 3.05) is 33.9 Å². The van der Waals surface area contributed by atoms with Crippen LogP contribution in [0.5, 0.6) is 11.5 Å². The van der Waals surface area contributed by atoms with Gasteiger partial charge in [-0.3, -0.25) is 4.99 Å². The van der Waals surface area contributed by atoms with Crippen molar-refractivity contribution in [2.45, 2.75) is 6.42 Å². The number of ether oxygens (including phenoxy) is 2. The van der Waals surface area contributed by atoms with E-state index in [0.29, 0.717) is 37.6 Å². The number of hydrogen-bond donors (Lipinski definition) is 2. The summed E-state index contributed by atoms with van der Waals surface area (Å²) in [5.41, 5.74) is 0.456. The van der Waals surface area contributed by atoms with Gasteiger partial charge in [0.15, 0.2) is 5.96 Å². The van der Waals surface area contributed by atoms with Crippen molar-refractivity contribution in [1.29, 1.82) is 0 Å². The highest BCUT2D eigenvalue weighted by molar-refractivity contribution is 5.79. The highest BCUT2D eigenvalue weighted by atomic mass is 19.1. The molecule has 5 nitrogen and oxygen atoms in total. The lowest BCUT2D eigenvalue weighted by Crippen LogP contribution is -2.40. The molecule has 140 valence electrons. The van der Waals surface area contributed by atoms with Gasteiger partial charge in [-0.15, -0.1) is 0 Å². The summed E-state index contributed by atoms with van der Waals surface area (Å²) in [6, 6.07) is 10.9. The van der Waals surface area contributed by atoms with Crippen LogP contribution in [0, 0.1) is 11.6 Å². The average molecular weight is 363 g/mol. The molecule has 2 rings (SSSR count). The van der Waals surface area contributed by atoms with Gasteiger partial charge < -0.3 is 20.1 Å². The van der Waals surface area contributed by atoms with Crippen molar-refractivity contribution in [3.8, 4) is 11.5 Å². The minimum absolute atomic E-state index is 0.426. The molecule has 0 radical (unpaired) electrons. The van der Waals surface area contributed by atoms with Gasteiger partial charge in [0, 0.05) is 19.7 Å². The fourth-order valence-corrected chi connectivity index (χ4v) is 2.27. The lowest BCUT2D eigenvalue weighted by Gasteiger charge is -2.13. The van der Waals surface area contributed by atoms with Gasteiger partial charge in [0.1, 0.15) is 29.7 Å². The summed E-state index contributed by atoms with van der Waals surface area (Å²) in [7, 11) is 3.26. The van der Waals surface area contributed by atoms with Gasteiger partial charge in [-0.1, -0.05) is 6.07 Å². The van der Waals surface area contributed by atoms with E-state index < -0.39 is 11.6 Å². The number of nitrogens with one attached hydrogen (secondary N) is 2. The summed E-state index contributed by atoms with van der Waals surface area (Å²) in [4.78, 5) is 4.09. The minimum Gasteiger partial charge on any atom is -0.497 e. The molecule has 0 spiro atoms. The summed E-state index contributed by atoms with van der Waals surface area (Å²) in [6.07, 6.45) is 0.426. The van der Waals surface area contributed by atoms with Gasteiger partial charge in [0.2, 0.25) is 0 Å². The summed E-state index contributed by atoms with van der Waals surface area (Å²) in [6.45, 7) is 1.48. The van der Waals surface area contributed by atoms with Crippen LogP contribution >= 0.6 is 0 Å². The van der Waals surface area contributed by atoms with Crippen molar-refractivity contribution in [1.82, 2.24) is 10.6 Å². The molecule has 0 aliphatic heterocycles. The SMILES string of the molecule is CN=C(NCCOc1ccc(OC)cc1)NCCc1ccc(F)cc1F. The zero-order valence-electron chi connectivity index (χ0n) is 14.9. The zero-order chi connectivity index (χ0) is 18.8. The number of nitrogens with zero attached hydrogens (tertiary/aromatic N) is 1. The largest absolute Gasteiger partial charge is 0.497 e. The first-order valence-corrected chi connectivity index (χ1v) is 8.27. The van der Waals surface area contributed by atoms with Gasteiger partial charge in [-0.05, 0) is 42.3 Å². The van der Waals surface area contributed by atoms with Gasteiger partial charge in [-0.25, -0.2) is 8.78 Å². The summed E-state index contributed by atoms with van der Waals surface area (Å²) in [5.74, 6) is 1.00. The molecule has 0 bridgehead atoms. The monoisotopic (exact) mass is 363 g/mol. The predicted molar refractivity (Wildman–Crippen MR) is 97.9 cm³/mol. The third kappa shape index (κ3) is 6.23. The second kappa shape index (κ2) is 10.2. The molecule has 0 amide bonds. The topological polar surface area (TPSA) is 54.9 Å². The molecular formula is C19H23F2N3O2. The number of aliphatic imine (C=N–C) groups is 1. The van der Waals surface area contributed by atoms with E-state index in [1.54, 1.807) is 14.2 Å². The Hall–Kier alpha value is -2.83. The average Bonchev–Trinajstić information content (AvgIpc) is 2.65. The molecular weight excluding hydrogens is 340 g/mol. The van der Waals surface area contributed by atoms with Crippen LogP contribution in [0.1, 0.15) is 5.56 Å². The van der Waals surface area contributed by atoms with Crippen LogP contribution in [0.15, 0.2) is 47.5 Å². The van der Waals surface area contributed by atoms with Gasteiger partial charge in [0.25, 0.3) is 0 Å². The molecule has 0 aliphatic rings. The third-order valence-electron chi connectivity index (χ3n) is 3.65. The van der Waals surface area contributed by atoms with Crippen LogP contribution in [0.4, 0.5) is 8.78 Å². The summed E-state index contributed by atoms with van der Waals surface area (Å²) >= 11 is 0. The first-order chi connectivity index (χ1) is 12.6. The van der Waals surface area contributed by atoms with Gasteiger partial charge in [-0.2, -0.15) is 0 Å². The molecule has 7 heteroatoms. The van der Waals surface area contributed by atoms with E-state index >= 15 is 0 Å². The Labute approximate surface area is 152 Å². The Balaban J connectivity index is 1.67. The lowest BCUT2D eigenvalue weighted by atomic mass is 10.1. The molecule has 0 atom stereocenters. The quantitative estimate of drug-likeness (QED) is 0.430. The van der Waals surface area contributed by atoms with Crippen molar-refractivity contribution in [3.63, 3.8) is 0 Å². The highest BCUT2D eigenvalue weighted by Gasteiger charge is 2.04. The molecule has 26 heavy (non-hydrogen) atoms. The highest BCUT2D eigenvalue weighted by Crippen LogP contribution is 2.16. The van der Waals surface area contributed by atoms with Crippen LogP contribution < -0.4 is 20.1 Å². The van der Waals surface area contributed by atoms with E-state index in [9.17, 15) is 8.78 Å². The van der Waals surface area contributed by atoms with E-state index in [-0.39, 0.29) is 0 Å². The summed E-state index contributed by atoms with van der Waals surface area (Å²) in [5, 5.41) is 6.19. The van der Waals surface area contributed by atoms with Gasteiger partial charge >= 0.3 is 0 Å². The predicted octanol–water partition coefficient (Wildman–Crippen LogP) is 2.76. The molecule has 0 saturated heterocycles. The molecule has 2 N–H and O–H groups in total. The molecule has 0 saturated carbocycles. The maximum Gasteiger partial charge on any atom is 0.191 e. The van der Waals surface area contributed by atoms with E-state index in [4.69, 9.17) is 9.47 Å². The molecule has 2 aromatic carbocycles. The number of rotatable bonds is 8. The first kappa shape index (κ1) is 19.5. The van der Waals surface area contributed by atoms with Crippen molar-refractivity contribution in [3.05, 3.63) is 59.7 Å². The van der Waals surface area contributed by atoms with E-state index in [1.165, 1.54) is 12.1 Å². The maximum absolute atomic E-state index is 13.6. The van der Waals surface area contributed by atoms with E-state index in [0.717, 1.165) is 17.6 Å². The van der Waals surface area contributed by atoms with Crippen LogP contribution in [0.3, 0.4) is 0 Å². The fourth-order valence-electron chi connectivity index (χ4n) is 2.27. The van der Waals surface area contributed by atoms with Crippen LogP contribution in [-0.4, -0.2) is 39.8 Å². The Morgan fingerprint density at radius 2 is 1.69 bits per heavy atom. The molecule has 0 aliphatic carbocycles. The van der Waals surface area contributed by atoms with Crippen molar-refractivity contribution in [2.24, 2.45) is 4.99 Å². The number of benzene rings is 2. The van der Waals surface area contributed by atoms with E-state index in [1.807, 2.05) is 24.3 Å². The Morgan fingerprint density at radius 1 is 1.00 bits per heavy atom. The maximum atomic E-state index is 13.6. The Bertz CT molecular complexity index is 721. The minimum atomic E-state index is -0.575. The number of halogens is 2. The molecule has 0 fully saturated rings. The fraction of sp³-hybridized carbons (Fsp3) is 0.316. The third-order valence-corrected chi connectivity index (χ3v) is 3.65. The van der Waals surface area contributed by atoms with Crippen LogP contribution in [-0.2, 0) is 6.42 Å². The smallest absolute Gasteiger partial charge is 0.191 e. The zero-order valence-corrected chi connectivity index (χ0v) is 14.9. The Morgan fingerprint density at radius 3 is 2.35 bits per heavy atom. The molecule has 2 aromatic rings. The lowest BCUT2D eigenvalue weighted by molar-refractivity contribution is 0.321. The second-order valence-electron chi connectivity index (χ2n) is 5.44. The number of hydrogen-bond acceptors (Lipinski definition) is 3. The summed E-state index contributed by atoms with van der Waals surface area (Å²) < 4.78 is 37.2. The number of guanidine groups is 1. The normalized spacial score (nSPS) is 11.2. The van der Waals surface area contributed by atoms with Crippen LogP contribution in [0.25, 0.3) is 0 Å². The molecule has 0 unspecified atom stereocenters. The van der Waals surface area contributed by atoms with Crippen molar-refractivity contribution < 1.29 is 18.3 Å². The van der Waals surface area contributed by atoms with E-state index in [2.05, 4.69) is 15.6 Å². The number of methoxy groups -OCH3 is 1. The molecule has 0 aromatic heterocycles. The standard InChI is InChI=1S/C19H23F2N3O2/c1-22-19(23-10-9-14-3-4-15(20)13-18(14)21)24-11-12-26-17-7-5-16(25-2)6-8-17/h3-8,13H,9-12H2,1-2H3,(H2,22,23,24). The van der Waals surface area contributed by atoms with Gasteiger partial charge in [0.05, 0.1) is 13.7 Å². The Kier molecular flexibility index (Phi) is 7.67. The van der Waals surface area contributed by atoms with Crippen LogP contribution in [0.2, 0.25) is 0 Å². The second-order valence-corrected chi connectivity index (χ2v) is 5.44.